The van der Waals surface area contributed by atoms with Crippen molar-refractivity contribution < 1.29 is 19.9 Å². The maximum absolute atomic E-state index is 10.4. The Morgan fingerprint density at radius 2 is 1.68 bits per heavy atom. The summed E-state index contributed by atoms with van der Waals surface area (Å²) < 4.78 is 2.21. The van der Waals surface area contributed by atoms with Crippen LogP contribution in [-0.2, 0) is 6.54 Å². The summed E-state index contributed by atoms with van der Waals surface area (Å²) in [6.07, 6.45) is 2.11. The zero-order valence-electron chi connectivity index (χ0n) is 12.7. The van der Waals surface area contributed by atoms with E-state index in [9.17, 15) is 30.3 Å². The van der Waals surface area contributed by atoms with E-state index in [1.807, 2.05) is 18.7 Å². The van der Waals surface area contributed by atoms with Crippen LogP contribution in [-0.4, -0.2) is 35.2 Å². The van der Waals surface area contributed by atoms with Crippen molar-refractivity contribution >= 4 is 28.8 Å². The monoisotopic (exact) mass is 369 g/mol. The van der Waals surface area contributed by atoms with Gasteiger partial charge in [0.25, 0.3) is 11.4 Å². The van der Waals surface area contributed by atoms with E-state index < -0.39 is 37.6 Å². The molecule has 0 spiro atoms. The van der Waals surface area contributed by atoms with Crippen LogP contribution in [0.2, 0.25) is 0 Å². The second kappa shape index (κ2) is 7.12. The number of nitrogens with zero attached hydrogens (tertiary/aromatic N) is 5. The molecule has 13 heteroatoms. The molecule has 3 rings (SSSR count). The molecule has 1 aliphatic rings. The molecule has 2 aromatic rings. The molecule has 0 fully saturated rings. The van der Waals surface area contributed by atoms with Gasteiger partial charge in [0.05, 0.1) is 32.6 Å². The molecule has 1 aromatic heterocycles. The normalized spacial score (nSPS) is 12.0. The summed E-state index contributed by atoms with van der Waals surface area (Å²) in [5.74, 6) is -0.0107. The van der Waals surface area contributed by atoms with Gasteiger partial charge in [0.15, 0.2) is 5.16 Å². The van der Waals surface area contributed by atoms with Gasteiger partial charge in [-0.15, -0.1) is 0 Å². The zero-order chi connectivity index (χ0) is 18.7. The number of non-ortho nitro benzene ring substituents is 1. The van der Waals surface area contributed by atoms with E-state index >= 15 is 0 Å². The molecule has 0 bridgehead atoms. The number of thioether (sulfide) groups is 1. The smallest absolute Gasteiger partial charge is 0.324 e. The molecule has 0 atom stereocenters. The van der Waals surface area contributed by atoms with Crippen LogP contribution >= 0.6 is 11.8 Å². The Kier molecular flexibility index (Phi) is 5.17. The molecule has 0 saturated carbocycles. The quantitative estimate of drug-likeness (QED) is 0.630. The largest absolute Gasteiger partial charge is 0.497 e. The van der Waals surface area contributed by atoms with E-state index in [4.69, 9.17) is 5.11 Å². The van der Waals surface area contributed by atoms with Crippen LogP contribution in [0.15, 0.2) is 23.5 Å². The van der Waals surface area contributed by atoms with Crippen molar-refractivity contribution in [1.82, 2.24) is 9.55 Å². The molecule has 1 aromatic carbocycles. The molecular weight excluding hydrogens is 358 g/mol. The molecular formula is C12H11N5O7S. The van der Waals surface area contributed by atoms with Crippen molar-refractivity contribution in [3.8, 4) is 5.75 Å². The lowest BCUT2D eigenvalue weighted by atomic mass is 10.2. The number of hydrogen-bond donors (Lipinski definition) is 1. The summed E-state index contributed by atoms with van der Waals surface area (Å²) in [6, 6.07) is 0.894. The lowest BCUT2D eigenvalue weighted by molar-refractivity contribution is -0.404. The standard InChI is InChI=1S/C6H3N3O7.C6H8N2S/c10-6-4(8(13)14)1-3(7(11)12)2-5(6)9(15)16;1-5-4-8-2-3-9-6(8)7-5/h1-2,10H;4H,2-3H2,1H3. The third-order valence-corrected chi connectivity index (χ3v) is 4.05. The van der Waals surface area contributed by atoms with Gasteiger partial charge in [0, 0.05) is 18.5 Å². The van der Waals surface area contributed by atoms with Crippen LogP contribution in [0.5, 0.6) is 5.75 Å². The summed E-state index contributed by atoms with van der Waals surface area (Å²) in [5.41, 5.74) is -1.87. The van der Waals surface area contributed by atoms with Gasteiger partial charge in [-0.2, -0.15) is 0 Å². The number of benzene rings is 1. The van der Waals surface area contributed by atoms with Crippen molar-refractivity contribution in [2.45, 2.75) is 18.6 Å². The van der Waals surface area contributed by atoms with Crippen LogP contribution in [0, 0.1) is 37.3 Å². The minimum Gasteiger partial charge on any atom is -0.497 e. The number of aryl methyl sites for hydroxylation is 2. The number of phenolic OH excluding ortho intramolecular Hbond substituents is 1. The van der Waals surface area contributed by atoms with Gasteiger partial charge in [-0.05, 0) is 6.92 Å². The number of aromatic nitrogens is 2. The van der Waals surface area contributed by atoms with Gasteiger partial charge in [0.1, 0.15) is 0 Å². The molecule has 0 saturated heterocycles. The van der Waals surface area contributed by atoms with E-state index in [1.54, 1.807) is 0 Å². The number of phenols is 1. The van der Waals surface area contributed by atoms with Crippen LogP contribution in [0.1, 0.15) is 5.69 Å². The zero-order valence-corrected chi connectivity index (χ0v) is 13.5. The van der Waals surface area contributed by atoms with Crippen LogP contribution in [0.3, 0.4) is 0 Å². The molecule has 12 nitrogen and oxygen atoms in total. The van der Waals surface area contributed by atoms with Crippen molar-refractivity contribution in [2.24, 2.45) is 0 Å². The van der Waals surface area contributed by atoms with Gasteiger partial charge in [-0.1, -0.05) is 11.8 Å². The molecule has 132 valence electrons. The number of hydrogen-bond acceptors (Lipinski definition) is 9. The Bertz CT molecular complexity index is 809. The van der Waals surface area contributed by atoms with Crippen molar-refractivity contribution in [3.05, 3.63) is 54.4 Å². The van der Waals surface area contributed by atoms with E-state index in [2.05, 4.69) is 15.7 Å². The fraction of sp³-hybridized carbons (Fsp3) is 0.250. The van der Waals surface area contributed by atoms with Gasteiger partial charge < -0.3 is 9.67 Å². The van der Waals surface area contributed by atoms with E-state index in [1.165, 1.54) is 10.9 Å². The number of fused-ring (bicyclic) bond motifs is 1. The Labute approximate surface area is 143 Å². The molecule has 0 amide bonds. The number of imidazole rings is 1. The maximum atomic E-state index is 10.4. The second-order valence-electron chi connectivity index (χ2n) is 4.81. The summed E-state index contributed by atoms with van der Waals surface area (Å²) >= 11 is 1.84. The highest BCUT2D eigenvalue weighted by Crippen LogP contribution is 2.38. The average molecular weight is 369 g/mol. The second-order valence-corrected chi connectivity index (χ2v) is 5.87. The van der Waals surface area contributed by atoms with Crippen molar-refractivity contribution in [2.75, 3.05) is 5.75 Å². The van der Waals surface area contributed by atoms with Gasteiger partial charge in [-0.25, -0.2) is 4.98 Å². The van der Waals surface area contributed by atoms with Gasteiger partial charge >= 0.3 is 11.4 Å². The molecule has 1 aliphatic heterocycles. The Balaban J connectivity index is 0.000000208. The van der Waals surface area contributed by atoms with E-state index in [0.29, 0.717) is 12.1 Å². The summed E-state index contributed by atoms with van der Waals surface area (Å²) in [4.78, 5) is 32.1. The summed E-state index contributed by atoms with van der Waals surface area (Å²) in [7, 11) is 0. The summed E-state index contributed by atoms with van der Waals surface area (Å²) in [5, 5.41) is 41.4. The van der Waals surface area contributed by atoms with Crippen molar-refractivity contribution in [3.63, 3.8) is 0 Å². The molecule has 1 N–H and O–H groups in total. The summed E-state index contributed by atoms with van der Waals surface area (Å²) in [6.45, 7) is 3.17. The van der Waals surface area contributed by atoms with Crippen LogP contribution in [0.25, 0.3) is 0 Å². The topological polar surface area (TPSA) is 167 Å². The molecule has 2 heterocycles. The Hall–Kier alpha value is -3.22. The SMILES string of the molecule is Cc1cn2c(n1)SCC2.O=[N+]([O-])c1cc([N+](=O)[O-])c(O)c([N+](=O)[O-])c1. The minimum atomic E-state index is -1.21. The molecule has 0 aliphatic carbocycles. The highest BCUT2D eigenvalue weighted by molar-refractivity contribution is 7.99. The molecule has 25 heavy (non-hydrogen) atoms. The lowest BCUT2D eigenvalue weighted by Gasteiger charge is -1.97. The highest BCUT2D eigenvalue weighted by Gasteiger charge is 2.30. The minimum absolute atomic E-state index is 0.447. The predicted octanol–water partition coefficient (Wildman–Crippen LogP) is 2.41. The molecule has 0 unspecified atom stereocenters. The Morgan fingerprint density at radius 1 is 1.12 bits per heavy atom. The number of rotatable bonds is 3. The first-order valence-electron chi connectivity index (χ1n) is 6.67. The first kappa shape index (κ1) is 18.1. The van der Waals surface area contributed by atoms with Gasteiger partial charge in [0.2, 0.25) is 0 Å². The van der Waals surface area contributed by atoms with Crippen LogP contribution in [0.4, 0.5) is 17.1 Å². The predicted molar refractivity (Wildman–Crippen MR) is 85.8 cm³/mol. The number of nitro benzene ring substituents is 3. The van der Waals surface area contributed by atoms with Crippen molar-refractivity contribution in [1.29, 1.82) is 0 Å². The third-order valence-electron chi connectivity index (χ3n) is 3.08. The average Bonchev–Trinajstić information content (AvgIpc) is 3.07. The molecule has 0 radical (unpaired) electrons. The fourth-order valence-corrected chi connectivity index (χ4v) is 3.00. The van der Waals surface area contributed by atoms with E-state index in [-0.39, 0.29) is 0 Å². The number of aromatic hydroxyl groups is 1. The number of nitro groups is 3. The van der Waals surface area contributed by atoms with Gasteiger partial charge in [-0.3, -0.25) is 30.3 Å². The lowest BCUT2D eigenvalue weighted by Crippen LogP contribution is -1.97. The fourth-order valence-electron chi connectivity index (χ4n) is 2.01. The Morgan fingerprint density at radius 3 is 2.12 bits per heavy atom. The first-order valence-corrected chi connectivity index (χ1v) is 7.66. The maximum Gasteiger partial charge on any atom is 0.324 e. The van der Waals surface area contributed by atoms with E-state index in [0.717, 1.165) is 12.2 Å². The van der Waals surface area contributed by atoms with Crippen LogP contribution < -0.4 is 0 Å². The first-order chi connectivity index (χ1) is 11.7. The third kappa shape index (κ3) is 4.00. The highest BCUT2D eigenvalue weighted by atomic mass is 32.2.